The molecule has 0 atom stereocenters. The van der Waals surface area contributed by atoms with E-state index >= 15 is 0 Å². The minimum atomic E-state index is -1.19. The number of amides is 4. The summed E-state index contributed by atoms with van der Waals surface area (Å²) in [5.41, 5.74) is 1.91. The van der Waals surface area contributed by atoms with Gasteiger partial charge in [-0.05, 0) is 60.7 Å². The highest BCUT2D eigenvalue weighted by molar-refractivity contribution is 6.06. The molecule has 0 aliphatic rings. The van der Waals surface area contributed by atoms with Crippen LogP contribution in [0.3, 0.4) is 0 Å². The molecule has 0 spiro atoms. The van der Waals surface area contributed by atoms with Crippen LogP contribution in [-0.4, -0.2) is 39.2 Å². The molecule has 6 N–H and O–H groups in total. The minimum absolute atomic E-state index is 0.0818. The quantitative estimate of drug-likeness (QED) is 0.342. The van der Waals surface area contributed by atoms with E-state index in [-0.39, 0.29) is 11.3 Å². The van der Waals surface area contributed by atoms with Crippen molar-refractivity contribution in [3.63, 3.8) is 0 Å². The highest BCUT2D eigenvalue weighted by Crippen LogP contribution is 2.16. The summed E-state index contributed by atoms with van der Waals surface area (Å²) in [7, 11) is 0. The van der Waals surface area contributed by atoms with Gasteiger partial charge < -0.3 is 20.8 Å². The Bertz CT molecular complexity index is 1050. The van der Waals surface area contributed by atoms with Gasteiger partial charge in [-0.1, -0.05) is 0 Å². The zero-order valence-electron chi connectivity index (χ0n) is 16.3. The molecule has 0 fully saturated rings. The number of aromatic nitrogens is 1. The number of hydrogen-bond acceptors (Lipinski definition) is 5. The number of rotatable bonds is 6. The molecule has 1 aromatic heterocycles. The van der Waals surface area contributed by atoms with Gasteiger partial charge >= 0.3 is 12.2 Å². The summed E-state index contributed by atoms with van der Waals surface area (Å²) in [4.78, 5) is 49.9. The SMILES string of the molecule is O=C(O)Nc1ccc(NC(=O)c2ccc(C(=O)Nc3ccc(NC(=O)O)cc3)nc2)cc1. The average Bonchev–Trinajstić information content (AvgIpc) is 2.76. The second-order valence-electron chi connectivity index (χ2n) is 6.36. The van der Waals surface area contributed by atoms with Crippen LogP contribution in [0.25, 0.3) is 0 Å². The van der Waals surface area contributed by atoms with Crippen LogP contribution in [0.5, 0.6) is 0 Å². The Kier molecular flexibility index (Phi) is 6.61. The molecule has 3 aromatic rings. The molecule has 0 radical (unpaired) electrons. The molecular weight excluding hydrogens is 418 g/mol. The van der Waals surface area contributed by atoms with Crippen molar-refractivity contribution in [3.05, 3.63) is 78.1 Å². The predicted octanol–water partition coefficient (Wildman–Crippen LogP) is 3.77. The van der Waals surface area contributed by atoms with Gasteiger partial charge in [0.05, 0.1) is 5.56 Å². The topological polar surface area (TPSA) is 170 Å². The fraction of sp³-hybridized carbons (Fsp3) is 0. The number of benzene rings is 2. The summed E-state index contributed by atoms with van der Waals surface area (Å²) in [5, 5.41) is 27.0. The summed E-state index contributed by atoms with van der Waals surface area (Å²) < 4.78 is 0. The van der Waals surface area contributed by atoms with Gasteiger partial charge in [-0.3, -0.25) is 25.2 Å². The number of carbonyl (C=O) groups excluding carboxylic acids is 2. The first-order chi connectivity index (χ1) is 15.3. The van der Waals surface area contributed by atoms with Gasteiger partial charge in [0, 0.05) is 28.9 Å². The van der Waals surface area contributed by atoms with Gasteiger partial charge in [0.2, 0.25) is 0 Å². The molecule has 4 amide bonds. The van der Waals surface area contributed by atoms with Gasteiger partial charge in [-0.25, -0.2) is 9.59 Å². The van der Waals surface area contributed by atoms with E-state index in [1.807, 2.05) is 0 Å². The maximum Gasteiger partial charge on any atom is 0.409 e. The normalized spacial score (nSPS) is 10.0. The van der Waals surface area contributed by atoms with E-state index in [1.54, 1.807) is 0 Å². The van der Waals surface area contributed by atoms with E-state index in [0.29, 0.717) is 22.7 Å². The first-order valence-corrected chi connectivity index (χ1v) is 9.09. The van der Waals surface area contributed by atoms with Crippen LogP contribution in [-0.2, 0) is 0 Å². The van der Waals surface area contributed by atoms with Gasteiger partial charge in [0.15, 0.2) is 0 Å². The maximum absolute atomic E-state index is 12.3. The summed E-state index contributed by atoms with van der Waals surface area (Å²) in [6.07, 6.45) is -1.13. The van der Waals surface area contributed by atoms with E-state index in [4.69, 9.17) is 10.2 Å². The summed E-state index contributed by atoms with van der Waals surface area (Å²) in [5.74, 6) is -0.956. The first-order valence-electron chi connectivity index (χ1n) is 9.09. The van der Waals surface area contributed by atoms with E-state index in [0.717, 1.165) is 0 Å². The highest BCUT2D eigenvalue weighted by Gasteiger charge is 2.11. The van der Waals surface area contributed by atoms with E-state index in [2.05, 4.69) is 26.3 Å². The number of nitrogens with one attached hydrogen (secondary N) is 4. The summed E-state index contributed by atoms with van der Waals surface area (Å²) in [6, 6.07) is 15.0. The van der Waals surface area contributed by atoms with Gasteiger partial charge in [-0.15, -0.1) is 0 Å². The zero-order chi connectivity index (χ0) is 23.1. The van der Waals surface area contributed by atoms with Crippen LogP contribution in [0.4, 0.5) is 32.3 Å². The van der Waals surface area contributed by atoms with Crippen molar-refractivity contribution in [1.29, 1.82) is 0 Å². The van der Waals surface area contributed by atoms with Crippen LogP contribution in [0.2, 0.25) is 0 Å². The average molecular weight is 435 g/mol. The monoisotopic (exact) mass is 435 g/mol. The van der Waals surface area contributed by atoms with E-state index in [1.165, 1.54) is 66.9 Å². The predicted molar refractivity (Wildman–Crippen MR) is 116 cm³/mol. The Morgan fingerprint density at radius 3 is 1.34 bits per heavy atom. The highest BCUT2D eigenvalue weighted by atomic mass is 16.4. The molecule has 0 saturated carbocycles. The van der Waals surface area contributed by atoms with Crippen LogP contribution in [0.15, 0.2) is 66.9 Å². The number of hydrogen-bond donors (Lipinski definition) is 6. The fourth-order valence-corrected chi connectivity index (χ4v) is 2.58. The van der Waals surface area contributed by atoms with Crippen molar-refractivity contribution in [3.8, 4) is 0 Å². The van der Waals surface area contributed by atoms with Crippen LogP contribution < -0.4 is 21.3 Å². The molecule has 11 heteroatoms. The van der Waals surface area contributed by atoms with Crippen molar-refractivity contribution >= 4 is 46.8 Å². The molecule has 0 bridgehead atoms. The third-order valence-electron chi connectivity index (χ3n) is 4.05. The zero-order valence-corrected chi connectivity index (χ0v) is 16.3. The van der Waals surface area contributed by atoms with Crippen molar-refractivity contribution in [2.24, 2.45) is 0 Å². The smallest absolute Gasteiger partial charge is 0.409 e. The first kappa shape index (κ1) is 21.8. The molecule has 2 aromatic carbocycles. The lowest BCUT2D eigenvalue weighted by Crippen LogP contribution is -2.16. The molecule has 162 valence electrons. The molecule has 3 rings (SSSR count). The van der Waals surface area contributed by atoms with Crippen molar-refractivity contribution in [2.75, 3.05) is 21.3 Å². The Hall–Kier alpha value is -4.93. The second-order valence-corrected chi connectivity index (χ2v) is 6.36. The Labute approximate surface area is 181 Å². The van der Waals surface area contributed by atoms with Crippen molar-refractivity contribution in [2.45, 2.75) is 0 Å². The van der Waals surface area contributed by atoms with Crippen LogP contribution in [0.1, 0.15) is 20.8 Å². The lowest BCUT2D eigenvalue weighted by atomic mass is 10.2. The van der Waals surface area contributed by atoms with Crippen molar-refractivity contribution < 1.29 is 29.4 Å². The second kappa shape index (κ2) is 9.71. The van der Waals surface area contributed by atoms with Gasteiger partial charge in [0.25, 0.3) is 11.8 Å². The van der Waals surface area contributed by atoms with E-state index in [9.17, 15) is 19.2 Å². The van der Waals surface area contributed by atoms with Gasteiger partial charge in [-0.2, -0.15) is 0 Å². The molecule has 0 aliphatic heterocycles. The van der Waals surface area contributed by atoms with Crippen molar-refractivity contribution in [1.82, 2.24) is 4.98 Å². The molecule has 1 heterocycles. The van der Waals surface area contributed by atoms with E-state index < -0.39 is 24.0 Å². The Balaban J connectivity index is 1.58. The molecule has 0 saturated heterocycles. The number of carbonyl (C=O) groups is 4. The number of pyridine rings is 1. The molecule has 11 nitrogen and oxygen atoms in total. The van der Waals surface area contributed by atoms with Crippen LogP contribution in [0, 0.1) is 0 Å². The fourth-order valence-electron chi connectivity index (χ4n) is 2.58. The molecule has 0 aliphatic carbocycles. The number of anilines is 4. The Morgan fingerprint density at radius 2 is 0.969 bits per heavy atom. The third-order valence-corrected chi connectivity index (χ3v) is 4.05. The standard InChI is InChI=1S/C21H17N5O6/c27-18(23-13-2-6-15(7-3-13)25-20(29)30)12-1-10-17(22-11-12)19(28)24-14-4-8-16(9-5-14)26-21(31)32/h1-11,25-26H,(H,23,27)(H,24,28)(H,29,30)(H,31,32). The molecule has 32 heavy (non-hydrogen) atoms. The minimum Gasteiger partial charge on any atom is -0.465 e. The third kappa shape index (κ3) is 6.03. The summed E-state index contributed by atoms with van der Waals surface area (Å²) in [6.45, 7) is 0. The molecule has 0 unspecified atom stereocenters. The number of carboxylic acid groups (broad SMARTS) is 2. The Morgan fingerprint density at radius 1 is 0.562 bits per heavy atom. The lowest BCUT2D eigenvalue weighted by Gasteiger charge is -2.08. The maximum atomic E-state index is 12.3. The van der Waals surface area contributed by atoms with Crippen LogP contribution >= 0.6 is 0 Å². The number of nitrogens with zero attached hydrogens (tertiary/aromatic N) is 1. The van der Waals surface area contributed by atoms with Gasteiger partial charge in [0.1, 0.15) is 5.69 Å². The largest absolute Gasteiger partial charge is 0.465 e. The molecular formula is C21H17N5O6. The lowest BCUT2D eigenvalue weighted by molar-refractivity contribution is 0.101. The summed E-state index contributed by atoms with van der Waals surface area (Å²) >= 11 is 0.